The van der Waals surface area contributed by atoms with Crippen LogP contribution in [0.25, 0.3) is 0 Å². The molecular weight excluding hydrogens is 489 g/mol. The average Bonchev–Trinajstić information content (AvgIpc) is 3.34. The molecule has 3 amide bonds. The van der Waals surface area contributed by atoms with Gasteiger partial charge in [-0.2, -0.15) is 0 Å². The molecule has 5 rings (SSSR count). The van der Waals surface area contributed by atoms with Gasteiger partial charge in [-0.25, -0.2) is 18.0 Å². The van der Waals surface area contributed by atoms with E-state index in [1.807, 2.05) is 17.5 Å². The highest BCUT2D eigenvalue weighted by Gasteiger charge is 2.33. The number of hydrogen-bond acceptors (Lipinski definition) is 4. The molecule has 36 heavy (non-hydrogen) atoms. The van der Waals surface area contributed by atoms with Gasteiger partial charge in [0, 0.05) is 43.7 Å². The average molecular weight is 515 g/mol. The Morgan fingerprint density at radius 2 is 1.67 bits per heavy atom. The second-order valence-corrected chi connectivity index (χ2v) is 9.90. The molecule has 0 aliphatic carbocycles. The standard InChI is InChI=1S/C26H25F3N4O2S/c27-18-3-1-2-17(14-18)25-20-7-13-36-23(20)6-8-33(25)16-24(34)31-9-11-32(12-10-31)26(35)30-22-5-4-19(28)15-21(22)29/h1-5,7,13-15,25H,6,8-12,16H2,(H,30,35). The highest BCUT2D eigenvalue weighted by molar-refractivity contribution is 7.10. The molecule has 1 N–H and O–H groups in total. The van der Waals surface area contributed by atoms with Crippen molar-refractivity contribution in [3.8, 4) is 0 Å². The summed E-state index contributed by atoms with van der Waals surface area (Å²) in [6.45, 7) is 2.15. The van der Waals surface area contributed by atoms with E-state index in [1.54, 1.807) is 22.3 Å². The van der Waals surface area contributed by atoms with Gasteiger partial charge < -0.3 is 15.1 Å². The molecule has 2 aliphatic rings. The molecule has 1 fully saturated rings. The number of piperazine rings is 1. The first-order chi connectivity index (χ1) is 17.4. The van der Waals surface area contributed by atoms with Crippen LogP contribution in [0, 0.1) is 17.5 Å². The molecule has 1 atom stereocenters. The fourth-order valence-corrected chi connectivity index (χ4v) is 5.73. The molecule has 0 radical (unpaired) electrons. The van der Waals surface area contributed by atoms with Gasteiger partial charge in [0.15, 0.2) is 0 Å². The van der Waals surface area contributed by atoms with Crippen LogP contribution in [0.15, 0.2) is 53.9 Å². The Kier molecular flexibility index (Phi) is 6.97. The van der Waals surface area contributed by atoms with E-state index in [2.05, 4.69) is 10.2 Å². The van der Waals surface area contributed by atoms with E-state index in [4.69, 9.17) is 0 Å². The zero-order valence-corrected chi connectivity index (χ0v) is 20.2. The normalized spacial score (nSPS) is 18.1. The maximum absolute atomic E-state index is 14.0. The lowest BCUT2D eigenvalue weighted by Gasteiger charge is -2.39. The number of halogens is 3. The van der Waals surface area contributed by atoms with Crippen LogP contribution in [0.2, 0.25) is 0 Å². The third-order valence-corrected chi connectivity index (χ3v) is 7.66. The molecule has 6 nitrogen and oxygen atoms in total. The lowest BCUT2D eigenvalue weighted by Crippen LogP contribution is -2.54. The summed E-state index contributed by atoms with van der Waals surface area (Å²) in [4.78, 5) is 32.3. The first kappa shape index (κ1) is 24.3. The Bertz CT molecular complexity index is 1280. The van der Waals surface area contributed by atoms with Crippen molar-refractivity contribution in [1.29, 1.82) is 0 Å². The number of anilines is 1. The molecule has 0 saturated carbocycles. The van der Waals surface area contributed by atoms with Crippen molar-refractivity contribution in [2.75, 3.05) is 44.6 Å². The number of nitrogens with zero attached hydrogens (tertiary/aromatic N) is 3. The second kappa shape index (κ2) is 10.3. The number of benzene rings is 2. The number of carbonyl (C=O) groups excluding carboxylic acids is 2. The van der Waals surface area contributed by atoms with Gasteiger partial charge in [0.2, 0.25) is 5.91 Å². The number of amides is 3. The molecule has 3 aromatic rings. The van der Waals surface area contributed by atoms with Gasteiger partial charge in [-0.05, 0) is 53.3 Å². The summed E-state index contributed by atoms with van der Waals surface area (Å²) in [6.07, 6.45) is 0.833. The molecule has 10 heteroatoms. The van der Waals surface area contributed by atoms with Crippen LogP contribution >= 0.6 is 11.3 Å². The smallest absolute Gasteiger partial charge is 0.322 e. The van der Waals surface area contributed by atoms with E-state index in [0.29, 0.717) is 38.8 Å². The number of fused-ring (bicyclic) bond motifs is 1. The van der Waals surface area contributed by atoms with Gasteiger partial charge in [-0.3, -0.25) is 9.69 Å². The Morgan fingerprint density at radius 3 is 2.42 bits per heavy atom. The van der Waals surface area contributed by atoms with Gasteiger partial charge in [0.05, 0.1) is 18.3 Å². The van der Waals surface area contributed by atoms with Crippen molar-refractivity contribution >= 4 is 29.0 Å². The summed E-state index contributed by atoms with van der Waals surface area (Å²) in [5.74, 6) is -1.93. The number of carbonyl (C=O) groups is 2. The predicted molar refractivity (Wildman–Crippen MR) is 131 cm³/mol. The Labute approximate surface area is 210 Å². The summed E-state index contributed by atoms with van der Waals surface area (Å²) < 4.78 is 41.0. The van der Waals surface area contributed by atoms with Crippen molar-refractivity contribution in [2.45, 2.75) is 12.5 Å². The van der Waals surface area contributed by atoms with E-state index < -0.39 is 17.7 Å². The summed E-state index contributed by atoms with van der Waals surface area (Å²) >= 11 is 1.68. The highest BCUT2D eigenvalue weighted by Crippen LogP contribution is 2.37. The zero-order valence-electron chi connectivity index (χ0n) is 19.4. The van der Waals surface area contributed by atoms with E-state index in [0.717, 1.165) is 23.6 Å². The summed E-state index contributed by atoms with van der Waals surface area (Å²) in [5.41, 5.74) is 1.83. The lowest BCUT2D eigenvalue weighted by atomic mass is 9.93. The molecule has 2 aliphatic heterocycles. The fraction of sp³-hybridized carbons (Fsp3) is 0.308. The van der Waals surface area contributed by atoms with Gasteiger partial charge in [-0.1, -0.05) is 12.1 Å². The van der Waals surface area contributed by atoms with E-state index in [1.165, 1.54) is 28.0 Å². The number of rotatable bonds is 4. The number of nitrogens with one attached hydrogen (secondary N) is 1. The quantitative estimate of drug-likeness (QED) is 0.558. The van der Waals surface area contributed by atoms with Crippen LogP contribution in [-0.4, -0.2) is 65.9 Å². The maximum Gasteiger partial charge on any atom is 0.322 e. The molecule has 1 saturated heterocycles. The maximum atomic E-state index is 14.0. The number of hydrogen-bond donors (Lipinski definition) is 1. The monoisotopic (exact) mass is 514 g/mol. The van der Waals surface area contributed by atoms with Crippen LogP contribution in [0.4, 0.5) is 23.7 Å². The van der Waals surface area contributed by atoms with Gasteiger partial charge >= 0.3 is 6.03 Å². The van der Waals surface area contributed by atoms with E-state index in [-0.39, 0.29) is 30.0 Å². The van der Waals surface area contributed by atoms with E-state index in [9.17, 15) is 22.8 Å². The number of thiophene rings is 1. The molecule has 188 valence electrons. The topological polar surface area (TPSA) is 55.9 Å². The SMILES string of the molecule is O=C(CN1CCc2sccc2C1c1cccc(F)c1)N1CCN(C(=O)Nc2ccc(F)cc2F)CC1. The molecule has 0 spiro atoms. The first-order valence-electron chi connectivity index (χ1n) is 11.7. The van der Waals surface area contributed by atoms with Crippen LogP contribution in [0.5, 0.6) is 0 Å². The summed E-state index contributed by atoms with van der Waals surface area (Å²) in [7, 11) is 0. The fourth-order valence-electron chi connectivity index (χ4n) is 4.82. The highest BCUT2D eigenvalue weighted by atomic mass is 32.1. The van der Waals surface area contributed by atoms with Gasteiger partial charge in [0.1, 0.15) is 17.5 Å². The molecule has 1 unspecified atom stereocenters. The minimum absolute atomic E-state index is 0.0558. The van der Waals surface area contributed by atoms with Crippen LogP contribution in [-0.2, 0) is 11.2 Å². The van der Waals surface area contributed by atoms with Crippen molar-refractivity contribution in [3.63, 3.8) is 0 Å². The van der Waals surface area contributed by atoms with Crippen molar-refractivity contribution in [2.24, 2.45) is 0 Å². The van der Waals surface area contributed by atoms with Crippen molar-refractivity contribution in [1.82, 2.24) is 14.7 Å². The Balaban J connectivity index is 1.21. The minimum atomic E-state index is -0.847. The Morgan fingerprint density at radius 1 is 0.917 bits per heavy atom. The van der Waals surface area contributed by atoms with Gasteiger partial charge in [0.25, 0.3) is 0 Å². The predicted octanol–water partition coefficient (Wildman–Crippen LogP) is 4.49. The largest absolute Gasteiger partial charge is 0.338 e. The Hall–Kier alpha value is -3.37. The molecular formula is C26H25F3N4O2S. The van der Waals surface area contributed by atoms with Crippen LogP contribution < -0.4 is 5.32 Å². The van der Waals surface area contributed by atoms with Crippen LogP contribution in [0.3, 0.4) is 0 Å². The number of urea groups is 1. The third-order valence-electron chi connectivity index (χ3n) is 6.66. The minimum Gasteiger partial charge on any atom is -0.338 e. The molecule has 1 aromatic heterocycles. The van der Waals surface area contributed by atoms with Crippen molar-refractivity contribution in [3.05, 3.63) is 87.4 Å². The van der Waals surface area contributed by atoms with Crippen LogP contribution in [0.1, 0.15) is 22.0 Å². The molecule has 0 bridgehead atoms. The van der Waals surface area contributed by atoms with Gasteiger partial charge in [-0.15, -0.1) is 11.3 Å². The lowest BCUT2D eigenvalue weighted by molar-refractivity contribution is -0.134. The van der Waals surface area contributed by atoms with E-state index >= 15 is 0 Å². The van der Waals surface area contributed by atoms with Crippen molar-refractivity contribution < 1.29 is 22.8 Å². The third kappa shape index (κ3) is 5.10. The second-order valence-electron chi connectivity index (χ2n) is 8.90. The first-order valence-corrected chi connectivity index (χ1v) is 12.6. The zero-order chi connectivity index (χ0) is 25.2. The summed E-state index contributed by atoms with van der Waals surface area (Å²) in [5, 5.41) is 4.49. The summed E-state index contributed by atoms with van der Waals surface area (Å²) in [6, 6.07) is 10.8. The molecule has 2 aromatic carbocycles. The molecule has 3 heterocycles.